The average Bonchev–Trinajstić information content (AvgIpc) is 3.12. The van der Waals surface area contributed by atoms with E-state index < -0.39 is 5.97 Å². The normalized spacial score (nSPS) is 27.8. The van der Waals surface area contributed by atoms with Crippen molar-refractivity contribution in [3.63, 3.8) is 0 Å². The summed E-state index contributed by atoms with van der Waals surface area (Å²) in [4.78, 5) is 24.4. The number of nitrogens with zero attached hydrogens (tertiary/aromatic N) is 1. The molecular formula is C13H22N2O3. The van der Waals surface area contributed by atoms with Crippen molar-refractivity contribution in [2.75, 3.05) is 6.54 Å². The van der Waals surface area contributed by atoms with E-state index in [1.807, 2.05) is 4.90 Å². The summed E-state index contributed by atoms with van der Waals surface area (Å²) in [5, 5.41) is 11.9. The Morgan fingerprint density at radius 2 is 1.89 bits per heavy atom. The largest absolute Gasteiger partial charge is 0.480 e. The monoisotopic (exact) mass is 254 g/mol. The van der Waals surface area contributed by atoms with Gasteiger partial charge in [0.25, 0.3) is 0 Å². The topological polar surface area (TPSA) is 69.6 Å². The molecule has 102 valence electrons. The number of carbonyl (C=O) groups excluding carboxylic acids is 1. The molecule has 0 spiro atoms. The van der Waals surface area contributed by atoms with E-state index in [-0.39, 0.29) is 24.5 Å². The zero-order valence-electron chi connectivity index (χ0n) is 10.9. The Labute approximate surface area is 108 Å². The molecule has 0 aromatic carbocycles. The first-order valence-electron chi connectivity index (χ1n) is 6.83. The van der Waals surface area contributed by atoms with Gasteiger partial charge in [0.1, 0.15) is 0 Å². The Kier molecular flexibility index (Phi) is 4.22. The van der Waals surface area contributed by atoms with Crippen LogP contribution in [0.15, 0.2) is 0 Å². The molecule has 0 saturated heterocycles. The van der Waals surface area contributed by atoms with Gasteiger partial charge in [-0.25, -0.2) is 0 Å². The van der Waals surface area contributed by atoms with Gasteiger partial charge in [-0.05, 0) is 25.7 Å². The van der Waals surface area contributed by atoms with Crippen LogP contribution in [0.25, 0.3) is 0 Å². The molecule has 0 aromatic rings. The first-order chi connectivity index (χ1) is 8.59. The Morgan fingerprint density at radius 3 is 2.44 bits per heavy atom. The molecule has 5 heteroatoms. The molecule has 2 N–H and O–H groups in total. The van der Waals surface area contributed by atoms with Crippen LogP contribution in [0.1, 0.15) is 45.4 Å². The highest BCUT2D eigenvalue weighted by Crippen LogP contribution is 2.33. The molecule has 0 unspecified atom stereocenters. The number of hydrogen-bond donors (Lipinski definition) is 2. The SMILES string of the molecule is CC(=O)N(C1CC1)[C@H]1CCCC[C@@H]1NCC(=O)O. The molecule has 5 nitrogen and oxygen atoms in total. The third-order valence-corrected chi connectivity index (χ3v) is 3.91. The second-order valence-corrected chi connectivity index (χ2v) is 5.39. The van der Waals surface area contributed by atoms with Gasteiger partial charge in [0, 0.05) is 25.0 Å². The molecule has 1 amide bonds. The fourth-order valence-corrected chi connectivity index (χ4v) is 3.01. The fraction of sp³-hybridized carbons (Fsp3) is 0.846. The summed E-state index contributed by atoms with van der Waals surface area (Å²) >= 11 is 0. The van der Waals surface area contributed by atoms with Gasteiger partial charge in [0.05, 0.1) is 6.54 Å². The number of hydrogen-bond acceptors (Lipinski definition) is 3. The highest BCUT2D eigenvalue weighted by Gasteiger charge is 2.39. The van der Waals surface area contributed by atoms with Gasteiger partial charge in [-0.1, -0.05) is 12.8 Å². The van der Waals surface area contributed by atoms with Crippen LogP contribution in [0.2, 0.25) is 0 Å². The Bertz CT molecular complexity index is 328. The molecule has 2 aliphatic rings. The maximum Gasteiger partial charge on any atom is 0.317 e. The summed E-state index contributed by atoms with van der Waals surface area (Å²) in [6.07, 6.45) is 6.40. The second-order valence-electron chi connectivity index (χ2n) is 5.39. The molecule has 2 aliphatic carbocycles. The first-order valence-corrected chi connectivity index (χ1v) is 6.83. The molecule has 2 saturated carbocycles. The maximum atomic E-state index is 11.8. The van der Waals surface area contributed by atoms with Crippen LogP contribution in [0.3, 0.4) is 0 Å². The number of amides is 1. The Balaban J connectivity index is 2.01. The Morgan fingerprint density at radius 1 is 1.22 bits per heavy atom. The second kappa shape index (κ2) is 5.69. The highest BCUT2D eigenvalue weighted by molar-refractivity contribution is 5.74. The minimum absolute atomic E-state index is 0.0163. The van der Waals surface area contributed by atoms with Gasteiger partial charge in [0.15, 0.2) is 0 Å². The predicted molar refractivity (Wildman–Crippen MR) is 67.2 cm³/mol. The summed E-state index contributed by atoms with van der Waals surface area (Å²) in [5.41, 5.74) is 0. The van der Waals surface area contributed by atoms with Crippen molar-refractivity contribution in [2.24, 2.45) is 0 Å². The lowest BCUT2D eigenvalue weighted by Crippen LogP contribution is -2.54. The molecule has 0 aromatic heterocycles. The van der Waals surface area contributed by atoms with E-state index in [4.69, 9.17) is 5.11 Å². The lowest BCUT2D eigenvalue weighted by atomic mass is 9.88. The zero-order chi connectivity index (χ0) is 13.1. The van der Waals surface area contributed by atoms with Crippen LogP contribution in [-0.2, 0) is 9.59 Å². The van der Waals surface area contributed by atoms with Gasteiger partial charge in [-0.15, -0.1) is 0 Å². The molecule has 2 fully saturated rings. The van der Waals surface area contributed by atoms with Crippen LogP contribution >= 0.6 is 0 Å². The number of rotatable bonds is 5. The van der Waals surface area contributed by atoms with E-state index in [9.17, 15) is 9.59 Å². The van der Waals surface area contributed by atoms with Crippen molar-refractivity contribution < 1.29 is 14.7 Å². The fourth-order valence-electron chi connectivity index (χ4n) is 3.01. The van der Waals surface area contributed by atoms with Crippen LogP contribution < -0.4 is 5.32 Å². The van der Waals surface area contributed by atoms with Crippen LogP contribution in [0.4, 0.5) is 0 Å². The van der Waals surface area contributed by atoms with Gasteiger partial charge >= 0.3 is 5.97 Å². The molecule has 0 bridgehead atoms. The van der Waals surface area contributed by atoms with Crippen LogP contribution in [-0.4, -0.2) is 46.6 Å². The molecule has 18 heavy (non-hydrogen) atoms. The average molecular weight is 254 g/mol. The lowest BCUT2D eigenvalue weighted by molar-refractivity contribution is -0.136. The molecule has 2 atom stereocenters. The van der Waals surface area contributed by atoms with Crippen molar-refractivity contribution in [1.29, 1.82) is 0 Å². The van der Waals surface area contributed by atoms with Crippen molar-refractivity contribution in [1.82, 2.24) is 10.2 Å². The maximum absolute atomic E-state index is 11.8. The quantitative estimate of drug-likeness (QED) is 0.767. The minimum atomic E-state index is -0.833. The lowest BCUT2D eigenvalue weighted by Gasteiger charge is -2.40. The molecule has 0 aliphatic heterocycles. The van der Waals surface area contributed by atoms with Crippen molar-refractivity contribution >= 4 is 11.9 Å². The van der Waals surface area contributed by atoms with Crippen molar-refractivity contribution in [2.45, 2.75) is 63.6 Å². The predicted octanol–water partition coefficient (Wildman–Crippen LogP) is 0.983. The summed E-state index contributed by atoms with van der Waals surface area (Å²) in [6.45, 7) is 1.61. The standard InChI is InChI=1S/C13H22N2O3/c1-9(16)15(10-6-7-10)12-5-3-2-4-11(12)14-8-13(17)18/h10-12,14H,2-8H2,1H3,(H,17,18)/t11-,12-/m0/s1. The summed E-state index contributed by atoms with van der Waals surface area (Å²) in [6, 6.07) is 0.724. The van der Waals surface area contributed by atoms with Gasteiger partial charge in [0.2, 0.25) is 5.91 Å². The van der Waals surface area contributed by atoms with E-state index in [1.54, 1.807) is 6.92 Å². The van der Waals surface area contributed by atoms with Crippen molar-refractivity contribution in [3.05, 3.63) is 0 Å². The van der Waals surface area contributed by atoms with E-state index >= 15 is 0 Å². The van der Waals surface area contributed by atoms with E-state index in [1.165, 1.54) is 0 Å². The number of carboxylic acid groups (broad SMARTS) is 1. The van der Waals surface area contributed by atoms with Crippen LogP contribution in [0, 0.1) is 0 Å². The van der Waals surface area contributed by atoms with Gasteiger partial charge in [-0.2, -0.15) is 0 Å². The summed E-state index contributed by atoms with van der Waals surface area (Å²) < 4.78 is 0. The minimum Gasteiger partial charge on any atom is -0.480 e. The van der Waals surface area contributed by atoms with Crippen molar-refractivity contribution in [3.8, 4) is 0 Å². The molecule has 0 radical (unpaired) electrons. The highest BCUT2D eigenvalue weighted by atomic mass is 16.4. The van der Waals surface area contributed by atoms with E-state index in [2.05, 4.69) is 5.32 Å². The molecular weight excluding hydrogens is 232 g/mol. The number of nitrogens with one attached hydrogen (secondary N) is 1. The summed E-state index contributed by atoms with van der Waals surface area (Å²) in [5.74, 6) is -0.702. The van der Waals surface area contributed by atoms with Crippen LogP contribution in [0.5, 0.6) is 0 Å². The summed E-state index contributed by atoms with van der Waals surface area (Å²) in [7, 11) is 0. The third kappa shape index (κ3) is 3.22. The number of carbonyl (C=O) groups is 2. The van der Waals surface area contributed by atoms with E-state index in [0.29, 0.717) is 6.04 Å². The smallest absolute Gasteiger partial charge is 0.317 e. The van der Waals surface area contributed by atoms with E-state index in [0.717, 1.165) is 38.5 Å². The van der Waals surface area contributed by atoms with Gasteiger partial charge in [-0.3, -0.25) is 9.59 Å². The first kappa shape index (κ1) is 13.3. The molecule has 0 heterocycles. The van der Waals surface area contributed by atoms with Gasteiger partial charge < -0.3 is 15.3 Å². The molecule has 2 rings (SSSR count). The zero-order valence-corrected chi connectivity index (χ0v) is 10.9. The number of carboxylic acids is 1. The Hall–Kier alpha value is -1.10. The number of aliphatic carboxylic acids is 1. The third-order valence-electron chi connectivity index (χ3n) is 3.91.